The van der Waals surface area contributed by atoms with E-state index in [1.54, 1.807) is 42.5 Å². The molecule has 6 heteroatoms. The summed E-state index contributed by atoms with van der Waals surface area (Å²) >= 11 is 0. The summed E-state index contributed by atoms with van der Waals surface area (Å²) in [6.07, 6.45) is 0. The normalized spacial score (nSPS) is 10.5. The lowest BCUT2D eigenvalue weighted by atomic mass is 10.1. The van der Waals surface area contributed by atoms with Gasteiger partial charge in [0.25, 0.3) is 5.91 Å². The van der Waals surface area contributed by atoms with Gasteiger partial charge in [-0.25, -0.2) is 4.79 Å². The van der Waals surface area contributed by atoms with Crippen LogP contribution >= 0.6 is 0 Å². The van der Waals surface area contributed by atoms with Gasteiger partial charge >= 0.3 is 5.63 Å². The van der Waals surface area contributed by atoms with E-state index in [0.717, 1.165) is 0 Å². The number of fused-ring (bicyclic) bond motifs is 1. The first-order chi connectivity index (χ1) is 12.1. The number of nitrogens with one attached hydrogen (secondary N) is 1. The van der Waals surface area contributed by atoms with Gasteiger partial charge in [-0.05, 0) is 37.3 Å². The Morgan fingerprint density at radius 2 is 1.96 bits per heavy atom. The molecule has 1 N–H and O–H groups in total. The number of benzene rings is 2. The van der Waals surface area contributed by atoms with Crippen LogP contribution in [0.5, 0.6) is 11.5 Å². The lowest BCUT2D eigenvalue weighted by molar-refractivity contribution is 0.102. The molecule has 3 aromatic rings. The topological polar surface area (TPSA) is 77.8 Å². The zero-order chi connectivity index (χ0) is 17.8. The van der Waals surface area contributed by atoms with E-state index in [-0.39, 0.29) is 5.56 Å². The molecule has 6 nitrogen and oxygen atoms in total. The van der Waals surface area contributed by atoms with Crippen LogP contribution in [-0.4, -0.2) is 19.6 Å². The second kappa shape index (κ2) is 7.09. The van der Waals surface area contributed by atoms with Crippen LogP contribution < -0.4 is 20.4 Å². The van der Waals surface area contributed by atoms with E-state index >= 15 is 0 Å². The summed E-state index contributed by atoms with van der Waals surface area (Å²) in [6.45, 7) is 2.38. The van der Waals surface area contributed by atoms with Crippen molar-refractivity contribution in [1.82, 2.24) is 0 Å². The van der Waals surface area contributed by atoms with Crippen molar-refractivity contribution in [3.63, 3.8) is 0 Å². The van der Waals surface area contributed by atoms with Crippen molar-refractivity contribution >= 4 is 22.6 Å². The van der Waals surface area contributed by atoms with Gasteiger partial charge in [-0.1, -0.05) is 6.07 Å². The van der Waals surface area contributed by atoms with Crippen LogP contribution in [0, 0.1) is 0 Å². The molecule has 25 heavy (non-hydrogen) atoms. The first-order valence-electron chi connectivity index (χ1n) is 7.77. The van der Waals surface area contributed by atoms with Crippen LogP contribution in [-0.2, 0) is 0 Å². The summed E-state index contributed by atoms with van der Waals surface area (Å²) in [6, 6.07) is 13.5. The summed E-state index contributed by atoms with van der Waals surface area (Å²) in [5, 5.41) is 3.30. The van der Waals surface area contributed by atoms with Crippen LogP contribution in [0.1, 0.15) is 17.3 Å². The van der Waals surface area contributed by atoms with Crippen molar-refractivity contribution in [3.8, 4) is 11.5 Å². The van der Waals surface area contributed by atoms with Gasteiger partial charge in [0.2, 0.25) is 0 Å². The average Bonchev–Trinajstić information content (AvgIpc) is 2.61. The third-order valence-electron chi connectivity index (χ3n) is 3.59. The molecule has 0 radical (unpaired) electrons. The van der Waals surface area contributed by atoms with E-state index in [1.165, 1.54) is 13.2 Å². The monoisotopic (exact) mass is 339 g/mol. The molecule has 0 aliphatic rings. The molecule has 0 aliphatic carbocycles. The van der Waals surface area contributed by atoms with Crippen molar-refractivity contribution in [1.29, 1.82) is 0 Å². The van der Waals surface area contributed by atoms with E-state index in [9.17, 15) is 9.59 Å². The van der Waals surface area contributed by atoms with Crippen molar-refractivity contribution in [2.75, 3.05) is 19.0 Å². The molecule has 0 unspecified atom stereocenters. The van der Waals surface area contributed by atoms with E-state index < -0.39 is 11.5 Å². The minimum absolute atomic E-state index is 0.0699. The van der Waals surface area contributed by atoms with E-state index in [2.05, 4.69) is 5.32 Å². The smallest absolute Gasteiger partial charge is 0.349 e. The Labute approximate surface area is 144 Å². The van der Waals surface area contributed by atoms with Crippen LogP contribution in [0.3, 0.4) is 0 Å². The predicted molar refractivity (Wildman–Crippen MR) is 94.6 cm³/mol. The zero-order valence-electron chi connectivity index (χ0n) is 13.9. The molecule has 1 aromatic heterocycles. The molecule has 0 saturated carbocycles. The Morgan fingerprint density at radius 1 is 1.12 bits per heavy atom. The number of carbonyl (C=O) groups excluding carboxylic acids is 1. The highest BCUT2D eigenvalue weighted by Gasteiger charge is 2.14. The Hall–Kier alpha value is -3.28. The predicted octanol–water partition coefficient (Wildman–Crippen LogP) is 3.45. The fourth-order valence-corrected chi connectivity index (χ4v) is 2.41. The van der Waals surface area contributed by atoms with E-state index in [0.29, 0.717) is 34.8 Å². The van der Waals surface area contributed by atoms with Crippen molar-refractivity contribution in [3.05, 3.63) is 64.5 Å². The number of ether oxygens (including phenoxy) is 2. The Balaban J connectivity index is 1.91. The Morgan fingerprint density at radius 3 is 2.72 bits per heavy atom. The Kier molecular flexibility index (Phi) is 4.70. The first-order valence-corrected chi connectivity index (χ1v) is 7.77. The van der Waals surface area contributed by atoms with Gasteiger partial charge in [0.15, 0.2) is 0 Å². The fraction of sp³-hybridized carbons (Fsp3) is 0.158. The maximum absolute atomic E-state index is 12.4. The third kappa shape index (κ3) is 3.63. The van der Waals surface area contributed by atoms with Gasteiger partial charge in [0.05, 0.1) is 13.7 Å². The van der Waals surface area contributed by atoms with Gasteiger partial charge in [-0.3, -0.25) is 4.79 Å². The lowest BCUT2D eigenvalue weighted by Crippen LogP contribution is -2.20. The molecule has 0 fully saturated rings. The standard InChI is InChI=1S/C19H17NO5/c1-3-24-15-8-7-12-9-16(19(22)25-17(12)11-15)18(21)20-13-5-4-6-14(10-13)23-2/h4-11H,3H2,1-2H3,(H,20,21). The number of methoxy groups -OCH3 is 1. The van der Waals surface area contributed by atoms with E-state index in [4.69, 9.17) is 13.9 Å². The Bertz CT molecular complexity index is 977. The maximum Gasteiger partial charge on any atom is 0.349 e. The average molecular weight is 339 g/mol. The third-order valence-corrected chi connectivity index (χ3v) is 3.59. The summed E-state index contributed by atoms with van der Waals surface area (Å²) in [5.74, 6) is 0.663. The summed E-state index contributed by atoms with van der Waals surface area (Å²) in [5.41, 5.74) is 0.116. The summed E-state index contributed by atoms with van der Waals surface area (Å²) < 4.78 is 15.8. The molecule has 0 atom stereocenters. The summed E-state index contributed by atoms with van der Waals surface area (Å²) in [7, 11) is 1.54. The van der Waals surface area contributed by atoms with Gasteiger partial charge in [0.1, 0.15) is 22.6 Å². The molecular weight excluding hydrogens is 322 g/mol. The van der Waals surface area contributed by atoms with Crippen LogP contribution in [0.15, 0.2) is 57.7 Å². The highest BCUT2D eigenvalue weighted by atomic mass is 16.5. The fourth-order valence-electron chi connectivity index (χ4n) is 2.41. The number of hydrogen-bond acceptors (Lipinski definition) is 5. The molecule has 0 spiro atoms. The van der Waals surface area contributed by atoms with Crippen molar-refractivity contribution in [2.45, 2.75) is 6.92 Å². The van der Waals surface area contributed by atoms with Gasteiger partial charge in [-0.15, -0.1) is 0 Å². The molecule has 128 valence electrons. The second-order valence-corrected chi connectivity index (χ2v) is 5.27. The highest BCUT2D eigenvalue weighted by molar-refractivity contribution is 6.05. The minimum atomic E-state index is -0.707. The summed E-state index contributed by atoms with van der Waals surface area (Å²) in [4.78, 5) is 24.6. The van der Waals surface area contributed by atoms with Crippen LogP contribution in [0.25, 0.3) is 11.0 Å². The maximum atomic E-state index is 12.4. The zero-order valence-corrected chi connectivity index (χ0v) is 13.9. The van der Waals surface area contributed by atoms with Crippen LogP contribution in [0.4, 0.5) is 5.69 Å². The van der Waals surface area contributed by atoms with Crippen LogP contribution in [0.2, 0.25) is 0 Å². The molecule has 0 saturated heterocycles. The number of rotatable bonds is 5. The number of anilines is 1. The van der Waals surface area contributed by atoms with Gasteiger partial charge < -0.3 is 19.2 Å². The van der Waals surface area contributed by atoms with Gasteiger partial charge in [-0.2, -0.15) is 0 Å². The molecule has 3 rings (SSSR count). The molecular formula is C19H17NO5. The minimum Gasteiger partial charge on any atom is -0.497 e. The van der Waals surface area contributed by atoms with E-state index in [1.807, 2.05) is 6.92 Å². The molecule has 0 bridgehead atoms. The highest BCUT2D eigenvalue weighted by Crippen LogP contribution is 2.21. The molecule has 0 aliphatic heterocycles. The van der Waals surface area contributed by atoms with Crippen molar-refractivity contribution in [2.24, 2.45) is 0 Å². The van der Waals surface area contributed by atoms with Gasteiger partial charge in [0, 0.05) is 23.2 Å². The quantitative estimate of drug-likeness (QED) is 0.720. The molecule has 1 heterocycles. The largest absolute Gasteiger partial charge is 0.497 e. The molecule has 1 amide bonds. The number of amides is 1. The first kappa shape index (κ1) is 16.6. The SMILES string of the molecule is CCOc1ccc2cc(C(=O)Nc3cccc(OC)c3)c(=O)oc2c1. The second-order valence-electron chi connectivity index (χ2n) is 5.27. The molecule has 2 aromatic carbocycles. The number of hydrogen-bond donors (Lipinski definition) is 1. The van der Waals surface area contributed by atoms with Crippen molar-refractivity contribution < 1.29 is 18.7 Å². The lowest BCUT2D eigenvalue weighted by Gasteiger charge is -2.07. The number of carbonyl (C=O) groups is 1.